The van der Waals surface area contributed by atoms with E-state index in [0.717, 1.165) is 18.3 Å². The average molecular weight is 186 g/mol. The number of terminal acetylenes is 1. The summed E-state index contributed by atoms with van der Waals surface area (Å²) in [4.78, 5) is 0. The Morgan fingerprint density at radius 2 is 2.00 bits per heavy atom. The van der Waals surface area contributed by atoms with Crippen LogP contribution in [0.25, 0.3) is 0 Å². The molecule has 1 fully saturated rings. The van der Waals surface area contributed by atoms with Crippen molar-refractivity contribution < 1.29 is 0 Å². The summed E-state index contributed by atoms with van der Waals surface area (Å²) >= 11 is 0. The van der Waals surface area contributed by atoms with Crippen molar-refractivity contribution in [1.82, 2.24) is 0 Å². The predicted molar refractivity (Wildman–Crippen MR) is 55.6 cm³/mol. The molecule has 0 aromatic carbocycles. The van der Waals surface area contributed by atoms with Crippen LogP contribution in [0.4, 0.5) is 0 Å². The summed E-state index contributed by atoms with van der Waals surface area (Å²) < 4.78 is 0. The summed E-state index contributed by atoms with van der Waals surface area (Å²) in [7, 11) is 3.99. The van der Waals surface area contributed by atoms with Crippen LogP contribution in [0.1, 0.15) is 19.8 Å². The highest BCUT2D eigenvalue weighted by atomic mass is 33.1. The van der Waals surface area contributed by atoms with Gasteiger partial charge in [0.15, 0.2) is 0 Å². The largest absolute Gasteiger partial charge is 0.120 e. The Hall–Kier alpha value is 0.260. The van der Waals surface area contributed by atoms with Crippen molar-refractivity contribution in [2.24, 2.45) is 11.8 Å². The van der Waals surface area contributed by atoms with Crippen LogP contribution in [0.15, 0.2) is 0 Å². The second-order valence-corrected chi connectivity index (χ2v) is 5.46. The molecule has 0 N–H and O–H groups in total. The molecule has 62 valence electrons. The van der Waals surface area contributed by atoms with E-state index in [4.69, 9.17) is 6.42 Å². The van der Waals surface area contributed by atoms with Crippen molar-refractivity contribution >= 4 is 21.6 Å². The van der Waals surface area contributed by atoms with E-state index in [1.807, 2.05) is 21.6 Å². The van der Waals surface area contributed by atoms with Gasteiger partial charge in [-0.15, -0.1) is 12.3 Å². The molecule has 0 aromatic rings. The Balaban J connectivity index is 2.39. The third-order valence-corrected chi connectivity index (χ3v) is 4.83. The third kappa shape index (κ3) is 2.65. The first kappa shape index (κ1) is 9.35. The topological polar surface area (TPSA) is 0 Å². The fraction of sp³-hybridized carbons (Fsp3) is 0.778. The molecule has 1 heterocycles. The van der Waals surface area contributed by atoms with Crippen LogP contribution in [0.3, 0.4) is 0 Å². The molecule has 0 saturated carbocycles. The summed E-state index contributed by atoms with van der Waals surface area (Å²) in [5, 5.41) is 0. The Kier molecular flexibility index (Phi) is 4.25. The molecule has 0 nitrogen and oxygen atoms in total. The van der Waals surface area contributed by atoms with Crippen LogP contribution >= 0.6 is 21.6 Å². The van der Waals surface area contributed by atoms with Gasteiger partial charge in [0, 0.05) is 17.9 Å². The molecule has 0 aliphatic carbocycles. The summed E-state index contributed by atoms with van der Waals surface area (Å²) in [6.45, 7) is 2.27. The van der Waals surface area contributed by atoms with E-state index in [2.05, 4.69) is 12.8 Å². The molecule has 2 unspecified atom stereocenters. The first-order valence-corrected chi connectivity index (χ1v) is 6.55. The summed E-state index contributed by atoms with van der Waals surface area (Å²) in [5.41, 5.74) is 0. The van der Waals surface area contributed by atoms with Gasteiger partial charge in [0.2, 0.25) is 0 Å². The maximum Gasteiger partial charge on any atom is 0.0126 e. The van der Waals surface area contributed by atoms with Gasteiger partial charge in [-0.25, -0.2) is 0 Å². The second kappa shape index (κ2) is 5.00. The highest BCUT2D eigenvalue weighted by Gasteiger charge is 2.23. The lowest BCUT2D eigenvalue weighted by Crippen LogP contribution is -2.21. The minimum absolute atomic E-state index is 0.788. The molecule has 0 spiro atoms. The van der Waals surface area contributed by atoms with Gasteiger partial charge in [-0.1, -0.05) is 34.9 Å². The van der Waals surface area contributed by atoms with E-state index in [-0.39, 0.29) is 0 Å². The molecule has 1 aliphatic heterocycles. The Bertz CT molecular complexity index is 148. The number of hydrogen-bond donors (Lipinski definition) is 0. The Morgan fingerprint density at radius 1 is 1.36 bits per heavy atom. The van der Waals surface area contributed by atoms with Gasteiger partial charge in [0.25, 0.3) is 0 Å². The van der Waals surface area contributed by atoms with Crippen LogP contribution in [-0.4, -0.2) is 11.5 Å². The first-order chi connectivity index (χ1) is 5.38. The van der Waals surface area contributed by atoms with Gasteiger partial charge in [0.1, 0.15) is 0 Å². The lowest BCUT2D eigenvalue weighted by Gasteiger charge is -2.28. The quantitative estimate of drug-likeness (QED) is 0.480. The van der Waals surface area contributed by atoms with E-state index < -0.39 is 0 Å². The Morgan fingerprint density at radius 3 is 2.55 bits per heavy atom. The summed E-state index contributed by atoms with van der Waals surface area (Å²) in [6.07, 6.45) is 7.58. The monoisotopic (exact) mass is 186 g/mol. The SMILES string of the molecule is C#CCC1CSSCC1CC. The molecular weight excluding hydrogens is 172 g/mol. The summed E-state index contributed by atoms with van der Waals surface area (Å²) in [6, 6.07) is 0. The molecule has 1 aliphatic rings. The van der Waals surface area contributed by atoms with E-state index >= 15 is 0 Å². The third-order valence-electron chi connectivity index (χ3n) is 2.22. The molecule has 2 atom stereocenters. The molecule has 0 aromatic heterocycles. The van der Waals surface area contributed by atoms with E-state index in [0.29, 0.717) is 0 Å². The predicted octanol–water partition coefficient (Wildman–Crippen LogP) is 3.05. The minimum Gasteiger partial charge on any atom is -0.120 e. The molecule has 11 heavy (non-hydrogen) atoms. The van der Waals surface area contributed by atoms with E-state index in [9.17, 15) is 0 Å². The van der Waals surface area contributed by atoms with Crippen molar-refractivity contribution in [2.75, 3.05) is 11.5 Å². The van der Waals surface area contributed by atoms with Gasteiger partial charge in [0.05, 0.1) is 0 Å². The van der Waals surface area contributed by atoms with Crippen molar-refractivity contribution in [3.63, 3.8) is 0 Å². The smallest absolute Gasteiger partial charge is 0.0126 e. The minimum atomic E-state index is 0.788. The zero-order valence-electron chi connectivity index (χ0n) is 6.88. The van der Waals surface area contributed by atoms with Gasteiger partial charge in [-0.3, -0.25) is 0 Å². The van der Waals surface area contributed by atoms with Crippen LogP contribution < -0.4 is 0 Å². The van der Waals surface area contributed by atoms with Gasteiger partial charge in [-0.2, -0.15) is 0 Å². The summed E-state index contributed by atoms with van der Waals surface area (Å²) in [5.74, 6) is 7.00. The van der Waals surface area contributed by atoms with Gasteiger partial charge < -0.3 is 0 Å². The van der Waals surface area contributed by atoms with Crippen molar-refractivity contribution in [1.29, 1.82) is 0 Å². The maximum absolute atomic E-state index is 5.31. The zero-order valence-corrected chi connectivity index (χ0v) is 8.51. The second-order valence-electron chi connectivity index (χ2n) is 2.91. The molecular formula is C9H14S2. The normalized spacial score (nSPS) is 31.3. The van der Waals surface area contributed by atoms with Crippen LogP contribution in [0.5, 0.6) is 0 Å². The fourth-order valence-electron chi connectivity index (χ4n) is 1.37. The van der Waals surface area contributed by atoms with Crippen molar-refractivity contribution in [3.05, 3.63) is 0 Å². The van der Waals surface area contributed by atoms with Gasteiger partial charge in [-0.05, 0) is 11.8 Å². The molecule has 0 bridgehead atoms. The Labute approximate surface area is 77.3 Å². The van der Waals surface area contributed by atoms with Crippen molar-refractivity contribution in [2.45, 2.75) is 19.8 Å². The van der Waals surface area contributed by atoms with Gasteiger partial charge >= 0.3 is 0 Å². The highest BCUT2D eigenvalue weighted by molar-refractivity contribution is 8.76. The standard InChI is InChI=1S/C9H14S2/c1-3-5-9-7-11-10-6-8(9)4-2/h1,8-9H,4-7H2,2H3. The van der Waals surface area contributed by atoms with Crippen LogP contribution in [0, 0.1) is 24.2 Å². The lowest BCUT2D eigenvalue weighted by molar-refractivity contribution is 0.396. The molecule has 0 amide bonds. The number of hydrogen-bond acceptors (Lipinski definition) is 2. The lowest BCUT2D eigenvalue weighted by atomic mass is 9.91. The van der Waals surface area contributed by atoms with E-state index in [1.54, 1.807) is 0 Å². The zero-order chi connectivity index (χ0) is 8.10. The molecule has 0 radical (unpaired) electrons. The van der Waals surface area contributed by atoms with Crippen LogP contribution in [0.2, 0.25) is 0 Å². The first-order valence-electron chi connectivity index (χ1n) is 4.06. The molecule has 1 saturated heterocycles. The number of rotatable bonds is 2. The fourth-order valence-corrected chi connectivity index (χ4v) is 4.44. The molecule has 2 heteroatoms. The average Bonchev–Trinajstić information content (AvgIpc) is 2.06. The molecule has 1 rings (SSSR count). The van der Waals surface area contributed by atoms with E-state index in [1.165, 1.54) is 17.9 Å². The van der Waals surface area contributed by atoms with Crippen LogP contribution in [-0.2, 0) is 0 Å². The highest BCUT2D eigenvalue weighted by Crippen LogP contribution is 2.39. The maximum atomic E-state index is 5.31. The van der Waals surface area contributed by atoms with Crippen molar-refractivity contribution in [3.8, 4) is 12.3 Å².